The van der Waals surface area contributed by atoms with E-state index in [1.807, 2.05) is 30.4 Å². The number of benzene rings is 1. The number of aliphatic carboxylic acids is 1. The number of carboxylic acid groups (broad SMARTS) is 1. The minimum Gasteiger partial charge on any atom is -0.478 e. The van der Waals surface area contributed by atoms with Gasteiger partial charge in [-0.15, -0.1) is 0 Å². The lowest BCUT2D eigenvalue weighted by Crippen LogP contribution is -2.06. The molecule has 3 rings (SSSR count). The first-order chi connectivity index (χ1) is 8.75. The van der Waals surface area contributed by atoms with E-state index in [2.05, 4.69) is 18.2 Å². The van der Waals surface area contributed by atoms with Gasteiger partial charge in [0.05, 0.1) is 0 Å². The van der Waals surface area contributed by atoms with E-state index in [0.29, 0.717) is 12.0 Å². The molecule has 2 heteroatoms. The molecule has 88 valence electrons. The minimum atomic E-state index is -0.840. The number of carbonyl (C=O) groups is 1. The third kappa shape index (κ3) is 1.72. The van der Waals surface area contributed by atoms with Gasteiger partial charge in [0.2, 0.25) is 0 Å². The lowest BCUT2D eigenvalue weighted by atomic mass is 9.87. The Morgan fingerprint density at radius 3 is 2.78 bits per heavy atom. The summed E-state index contributed by atoms with van der Waals surface area (Å²) in [4.78, 5) is 11.0. The molecular weight excluding hydrogens is 224 g/mol. The van der Waals surface area contributed by atoms with Crippen LogP contribution in [0.25, 0.3) is 11.6 Å². The second kappa shape index (κ2) is 4.15. The molecule has 0 saturated heterocycles. The van der Waals surface area contributed by atoms with Gasteiger partial charge in [-0.3, -0.25) is 0 Å². The molecule has 0 spiro atoms. The maximum absolute atomic E-state index is 11.0. The number of rotatable bonds is 1. The van der Waals surface area contributed by atoms with Gasteiger partial charge in [0, 0.05) is 12.0 Å². The lowest BCUT2D eigenvalue weighted by Gasteiger charge is -2.17. The van der Waals surface area contributed by atoms with Gasteiger partial charge in [-0.25, -0.2) is 4.79 Å². The van der Waals surface area contributed by atoms with E-state index in [0.717, 1.165) is 16.7 Å². The number of hydrogen-bond acceptors (Lipinski definition) is 1. The SMILES string of the molecule is O=C(O)C1=CC=C2C(=CC=Cc3ccccc32)C1. The van der Waals surface area contributed by atoms with Crippen LogP contribution in [0.2, 0.25) is 0 Å². The molecule has 0 aliphatic heterocycles. The van der Waals surface area contributed by atoms with Crippen molar-refractivity contribution in [1.29, 1.82) is 0 Å². The fraction of sp³-hybridized carbons (Fsp3) is 0.0625. The Morgan fingerprint density at radius 2 is 1.94 bits per heavy atom. The Bertz CT molecular complexity index is 643. The van der Waals surface area contributed by atoms with Crippen molar-refractivity contribution in [3.8, 4) is 0 Å². The Labute approximate surface area is 105 Å². The van der Waals surface area contributed by atoms with Gasteiger partial charge in [0.1, 0.15) is 0 Å². The molecule has 18 heavy (non-hydrogen) atoms. The summed E-state index contributed by atoms with van der Waals surface area (Å²) in [5, 5.41) is 9.05. The highest BCUT2D eigenvalue weighted by atomic mass is 16.4. The maximum Gasteiger partial charge on any atom is 0.331 e. The summed E-state index contributed by atoms with van der Waals surface area (Å²) in [5.41, 5.74) is 4.97. The molecule has 0 aromatic heterocycles. The van der Waals surface area contributed by atoms with Crippen molar-refractivity contribution < 1.29 is 9.90 Å². The molecule has 0 atom stereocenters. The molecule has 0 amide bonds. The van der Waals surface area contributed by atoms with Crippen molar-refractivity contribution >= 4 is 17.6 Å². The van der Waals surface area contributed by atoms with Crippen LogP contribution in [0.15, 0.2) is 59.7 Å². The molecule has 0 bridgehead atoms. The van der Waals surface area contributed by atoms with Crippen molar-refractivity contribution in [3.63, 3.8) is 0 Å². The summed E-state index contributed by atoms with van der Waals surface area (Å²) in [7, 11) is 0. The first-order valence-corrected chi connectivity index (χ1v) is 5.87. The molecule has 2 aliphatic rings. The average molecular weight is 236 g/mol. The van der Waals surface area contributed by atoms with Gasteiger partial charge in [-0.2, -0.15) is 0 Å². The van der Waals surface area contributed by atoms with Crippen molar-refractivity contribution in [2.75, 3.05) is 0 Å². The van der Waals surface area contributed by atoms with E-state index < -0.39 is 5.97 Å². The number of hydrogen-bond donors (Lipinski definition) is 1. The van der Waals surface area contributed by atoms with Crippen LogP contribution in [0.1, 0.15) is 17.5 Å². The smallest absolute Gasteiger partial charge is 0.331 e. The molecule has 0 heterocycles. The summed E-state index contributed by atoms with van der Waals surface area (Å²) in [6.07, 6.45) is 10.1. The molecule has 1 N–H and O–H groups in total. The van der Waals surface area contributed by atoms with Crippen LogP contribution in [-0.4, -0.2) is 11.1 Å². The van der Waals surface area contributed by atoms with E-state index >= 15 is 0 Å². The van der Waals surface area contributed by atoms with Crippen LogP contribution in [0.5, 0.6) is 0 Å². The van der Waals surface area contributed by atoms with Crippen LogP contribution in [-0.2, 0) is 4.79 Å². The topological polar surface area (TPSA) is 37.3 Å². The molecule has 0 unspecified atom stereocenters. The Hall–Kier alpha value is -2.35. The predicted octanol–water partition coefficient (Wildman–Crippen LogP) is 3.44. The summed E-state index contributed by atoms with van der Waals surface area (Å²) in [6, 6.07) is 8.16. The first kappa shape index (κ1) is 10.8. The minimum absolute atomic E-state index is 0.442. The summed E-state index contributed by atoms with van der Waals surface area (Å²) in [6.45, 7) is 0. The molecule has 0 fully saturated rings. The highest BCUT2D eigenvalue weighted by molar-refractivity contribution is 5.95. The number of fused-ring (bicyclic) bond motifs is 3. The molecule has 1 aromatic carbocycles. The zero-order valence-electron chi connectivity index (χ0n) is 9.76. The quantitative estimate of drug-likeness (QED) is 0.811. The zero-order valence-corrected chi connectivity index (χ0v) is 9.76. The summed E-state index contributed by atoms with van der Waals surface area (Å²) >= 11 is 0. The summed E-state index contributed by atoms with van der Waals surface area (Å²) in [5.74, 6) is -0.840. The third-order valence-electron chi connectivity index (χ3n) is 3.28. The largest absolute Gasteiger partial charge is 0.478 e. The molecule has 0 radical (unpaired) electrons. The predicted molar refractivity (Wildman–Crippen MR) is 71.9 cm³/mol. The molecule has 0 saturated carbocycles. The summed E-state index contributed by atoms with van der Waals surface area (Å²) < 4.78 is 0. The van der Waals surface area contributed by atoms with Gasteiger partial charge in [0.15, 0.2) is 0 Å². The Kier molecular flexibility index (Phi) is 2.49. The van der Waals surface area contributed by atoms with Crippen LogP contribution < -0.4 is 0 Å². The standard InChI is InChI=1S/C16H12O2/c17-16(18)13-8-9-15-12(10-13)6-3-5-11-4-1-2-7-14(11)15/h1-9H,10H2,(H,17,18). The third-order valence-corrected chi connectivity index (χ3v) is 3.28. The van der Waals surface area contributed by atoms with Crippen molar-refractivity contribution in [3.05, 3.63) is 70.8 Å². The van der Waals surface area contributed by atoms with Crippen LogP contribution in [0, 0.1) is 0 Å². The Balaban J connectivity index is 2.16. The highest BCUT2D eigenvalue weighted by Gasteiger charge is 2.19. The van der Waals surface area contributed by atoms with E-state index in [9.17, 15) is 4.79 Å². The van der Waals surface area contributed by atoms with E-state index in [-0.39, 0.29) is 0 Å². The van der Waals surface area contributed by atoms with Gasteiger partial charge < -0.3 is 5.11 Å². The number of carboxylic acids is 1. The van der Waals surface area contributed by atoms with Crippen LogP contribution in [0.3, 0.4) is 0 Å². The van der Waals surface area contributed by atoms with Crippen molar-refractivity contribution in [2.45, 2.75) is 6.42 Å². The monoisotopic (exact) mass is 236 g/mol. The highest BCUT2D eigenvalue weighted by Crippen LogP contribution is 2.35. The maximum atomic E-state index is 11.0. The van der Waals surface area contributed by atoms with Gasteiger partial charge in [0.25, 0.3) is 0 Å². The fourth-order valence-corrected chi connectivity index (χ4v) is 2.36. The second-order valence-electron chi connectivity index (χ2n) is 4.39. The number of allylic oxidation sites excluding steroid dienone is 6. The fourth-order valence-electron chi connectivity index (χ4n) is 2.36. The van der Waals surface area contributed by atoms with Crippen LogP contribution in [0.4, 0.5) is 0 Å². The van der Waals surface area contributed by atoms with E-state index in [4.69, 9.17) is 5.11 Å². The van der Waals surface area contributed by atoms with Gasteiger partial charge in [-0.1, -0.05) is 54.6 Å². The van der Waals surface area contributed by atoms with Gasteiger partial charge in [-0.05, 0) is 22.3 Å². The van der Waals surface area contributed by atoms with Crippen molar-refractivity contribution in [2.24, 2.45) is 0 Å². The van der Waals surface area contributed by atoms with E-state index in [1.165, 1.54) is 5.56 Å². The molecule has 2 aliphatic carbocycles. The van der Waals surface area contributed by atoms with Crippen LogP contribution >= 0.6 is 0 Å². The first-order valence-electron chi connectivity index (χ1n) is 5.87. The normalized spacial score (nSPS) is 16.8. The van der Waals surface area contributed by atoms with Gasteiger partial charge >= 0.3 is 5.97 Å². The molecular formula is C16H12O2. The van der Waals surface area contributed by atoms with Crippen molar-refractivity contribution in [1.82, 2.24) is 0 Å². The lowest BCUT2D eigenvalue weighted by molar-refractivity contribution is -0.132. The Morgan fingerprint density at radius 1 is 1.11 bits per heavy atom. The van der Waals surface area contributed by atoms with E-state index in [1.54, 1.807) is 6.08 Å². The molecule has 1 aromatic rings. The zero-order chi connectivity index (χ0) is 12.5. The average Bonchev–Trinajstić information content (AvgIpc) is 2.57. The second-order valence-corrected chi connectivity index (χ2v) is 4.39. The molecule has 2 nitrogen and oxygen atoms in total.